The molecule has 188 valence electrons. The third-order valence-corrected chi connectivity index (χ3v) is 7.43. The standard InChI is InChI=1S/C28H32ClN5O2/c1-20(2)31(3)26-12-30-34(18-26)28(35)33-16-23-14-32(15-24(23)17-33)13-22-5-4-6-27(11-22)36-19-21-7-9-25(29)10-8-21/h4-12,18,23-24H,1,13-17,19H2,2-3H3. The van der Waals surface area contributed by atoms with Gasteiger partial charge in [-0.1, -0.05) is 42.4 Å². The molecular weight excluding hydrogens is 474 g/mol. The van der Waals surface area contributed by atoms with Gasteiger partial charge in [0.05, 0.1) is 18.1 Å². The summed E-state index contributed by atoms with van der Waals surface area (Å²) in [5.74, 6) is 1.85. The average molecular weight is 506 g/mol. The first-order valence-electron chi connectivity index (χ1n) is 12.3. The summed E-state index contributed by atoms with van der Waals surface area (Å²) in [4.78, 5) is 19.4. The summed E-state index contributed by atoms with van der Waals surface area (Å²) in [5.41, 5.74) is 4.09. The van der Waals surface area contributed by atoms with E-state index in [1.165, 1.54) is 10.2 Å². The molecule has 2 atom stereocenters. The Balaban J connectivity index is 1.13. The van der Waals surface area contributed by atoms with Crippen LogP contribution in [0.1, 0.15) is 18.1 Å². The lowest BCUT2D eigenvalue weighted by atomic mass is 10.0. The van der Waals surface area contributed by atoms with Crippen molar-refractivity contribution in [2.45, 2.75) is 20.1 Å². The number of amides is 1. The Bertz CT molecular complexity index is 1230. The normalized spacial score (nSPS) is 19.4. The van der Waals surface area contributed by atoms with Crippen LogP contribution in [0.3, 0.4) is 0 Å². The zero-order valence-corrected chi connectivity index (χ0v) is 21.6. The molecule has 5 rings (SSSR count). The Labute approximate surface area is 217 Å². The highest BCUT2D eigenvalue weighted by molar-refractivity contribution is 6.30. The van der Waals surface area contributed by atoms with Crippen LogP contribution in [0.4, 0.5) is 10.5 Å². The van der Waals surface area contributed by atoms with Crippen molar-refractivity contribution >= 4 is 23.3 Å². The number of ether oxygens (including phenoxy) is 1. The molecule has 7 nitrogen and oxygen atoms in total. The predicted molar refractivity (Wildman–Crippen MR) is 142 cm³/mol. The van der Waals surface area contributed by atoms with Gasteiger partial charge in [0, 0.05) is 50.5 Å². The summed E-state index contributed by atoms with van der Waals surface area (Å²) in [6.45, 7) is 10.8. The zero-order valence-electron chi connectivity index (χ0n) is 20.8. The van der Waals surface area contributed by atoms with E-state index in [0.717, 1.165) is 60.4 Å². The van der Waals surface area contributed by atoms with Crippen molar-refractivity contribution < 1.29 is 9.53 Å². The topological polar surface area (TPSA) is 53.8 Å². The van der Waals surface area contributed by atoms with Gasteiger partial charge in [0.1, 0.15) is 12.4 Å². The first-order valence-corrected chi connectivity index (χ1v) is 12.7. The highest BCUT2D eigenvalue weighted by atomic mass is 35.5. The molecule has 0 aliphatic carbocycles. The summed E-state index contributed by atoms with van der Waals surface area (Å²) in [7, 11) is 1.92. The second-order valence-corrected chi connectivity index (χ2v) is 10.3. The Hall–Kier alpha value is -3.29. The second-order valence-electron chi connectivity index (χ2n) is 9.90. The van der Waals surface area contributed by atoms with Crippen LogP contribution in [-0.4, -0.2) is 58.8 Å². The summed E-state index contributed by atoms with van der Waals surface area (Å²) in [5, 5.41) is 5.02. The summed E-state index contributed by atoms with van der Waals surface area (Å²) in [6.07, 6.45) is 3.48. The molecule has 1 amide bonds. The third kappa shape index (κ3) is 5.42. The molecule has 0 radical (unpaired) electrons. The molecule has 3 aromatic rings. The number of rotatable bonds is 7. The molecule has 0 bridgehead atoms. The molecule has 2 fully saturated rings. The number of likely N-dealkylation sites (tertiary alicyclic amines) is 2. The SMILES string of the molecule is C=C(C)N(C)c1cnn(C(=O)N2CC3CN(Cc4cccc(OCc5ccc(Cl)cc5)c4)CC3C2)c1. The number of anilines is 1. The number of fused-ring (bicyclic) bond motifs is 1. The number of hydrogen-bond acceptors (Lipinski definition) is 5. The number of benzene rings is 2. The first kappa shape index (κ1) is 24.4. The number of halogens is 1. The lowest BCUT2D eigenvalue weighted by Gasteiger charge is -2.21. The van der Waals surface area contributed by atoms with E-state index in [1.807, 2.05) is 60.2 Å². The predicted octanol–water partition coefficient (Wildman–Crippen LogP) is 5.12. The highest BCUT2D eigenvalue weighted by Gasteiger charge is 2.42. The quantitative estimate of drug-likeness (QED) is 0.446. The van der Waals surface area contributed by atoms with Crippen molar-refractivity contribution in [3.63, 3.8) is 0 Å². The van der Waals surface area contributed by atoms with Crippen molar-refractivity contribution in [3.8, 4) is 5.75 Å². The number of allylic oxidation sites excluding steroid dienone is 1. The maximum atomic E-state index is 13.0. The molecule has 2 aliphatic rings. The Morgan fingerprint density at radius 3 is 2.53 bits per heavy atom. The Morgan fingerprint density at radius 1 is 1.11 bits per heavy atom. The summed E-state index contributed by atoms with van der Waals surface area (Å²) < 4.78 is 7.45. The van der Waals surface area contributed by atoms with Gasteiger partial charge in [0.15, 0.2) is 0 Å². The van der Waals surface area contributed by atoms with Crippen LogP contribution in [0.15, 0.2) is 73.2 Å². The summed E-state index contributed by atoms with van der Waals surface area (Å²) in [6, 6.07) is 16.0. The van der Waals surface area contributed by atoms with Crippen LogP contribution >= 0.6 is 11.6 Å². The van der Waals surface area contributed by atoms with Gasteiger partial charge in [-0.2, -0.15) is 9.78 Å². The van der Waals surface area contributed by atoms with Crippen LogP contribution in [-0.2, 0) is 13.2 Å². The van der Waals surface area contributed by atoms with Gasteiger partial charge in [0.25, 0.3) is 0 Å². The van der Waals surface area contributed by atoms with E-state index in [2.05, 4.69) is 28.7 Å². The molecular formula is C28H32ClN5O2. The van der Waals surface area contributed by atoms with Crippen LogP contribution in [0, 0.1) is 11.8 Å². The monoisotopic (exact) mass is 505 g/mol. The second kappa shape index (κ2) is 10.4. The maximum Gasteiger partial charge on any atom is 0.344 e. The molecule has 0 spiro atoms. The van der Waals surface area contributed by atoms with Crippen LogP contribution < -0.4 is 9.64 Å². The van der Waals surface area contributed by atoms with E-state index in [4.69, 9.17) is 16.3 Å². The van der Waals surface area contributed by atoms with E-state index in [9.17, 15) is 4.79 Å². The molecule has 36 heavy (non-hydrogen) atoms. The molecule has 2 saturated heterocycles. The molecule has 8 heteroatoms. The number of nitrogens with zero attached hydrogens (tertiary/aromatic N) is 5. The van der Waals surface area contributed by atoms with Gasteiger partial charge in [-0.3, -0.25) is 4.90 Å². The van der Waals surface area contributed by atoms with Crippen molar-refractivity contribution in [3.05, 3.63) is 89.4 Å². The van der Waals surface area contributed by atoms with Crippen LogP contribution in [0.2, 0.25) is 5.02 Å². The molecule has 0 N–H and O–H groups in total. The van der Waals surface area contributed by atoms with E-state index < -0.39 is 0 Å². The molecule has 3 heterocycles. The minimum Gasteiger partial charge on any atom is -0.489 e. The zero-order chi connectivity index (χ0) is 25.2. The smallest absolute Gasteiger partial charge is 0.344 e. The molecule has 2 unspecified atom stereocenters. The fraction of sp³-hybridized carbons (Fsp3) is 0.357. The van der Waals surface area contributed by atoms with Crippen LogP contribution in [0.25, 0.3) is 0 Å². The average Bonchev–Trinajstić information content (AvgIpc) is 3.58. The number of carbonyl (C=O) groups excluding carboxylic acids is 1. The van der Waals surface area contributed by atoms with E-state index >= 15 is 0 Å². The number of aromatic nitrogens is 2. The summed E-state index contributed by atoms with van der Waals surface area (Å²) >= 11 is 5.96. The molecule has 2 aromatic carbocycles. The minimum absolute atomic E-state index is 0.0529. The van der Waals surface area contributed by atoms with Crippen molar-refractivity contribution in [2.24, 2.45) is 11.8 Å². The lowest BCUT2D eigenvalue weighted by Crippen LogP contribution is -2.36. The van der Waals surface area contributed by atoms with Crippen molar-refractivity contribution in [1.29, 1.82) is 0 Å². The van der Waals surface area contributed by atoms with Gasteiger partial charge in [-0.15, -0.1) is 0 Å². The van der Waals surface area contributed by atoms with Gasteiger partial charge < -0.3 is 14.5 Å². The first-order chi connectivity index (χ1) is 17.4. The van der Waals surface area contributed by atoms with Gasteiger partial charge in [-0.05, 0) is 54.2 Å². The fourth-order valence-electron chi connectivity index (χ4n) is 5.07. The van der Waals surface area contributed by atoms with E-state index in [-0.39, 0.29) is 6.03 Å². The fourth-order valence-corrected chi connectivity index (χ4v) is 5.20. The molecule has 2 aliphatic heterocycles. The maximum absolute atomic E-state index is 13.0. The van der Waals surface area contributed by atoms with Gasteiger partial charge in [0.2, 0.25) is 0 Å². The van der Waals surface area contributed by atoms with Gasteiger partial charge in [-0.25, -0.2) is 4.79 Å². The highest BCUT2D eigenvalue weighted by Crippen LogP contribution is 2.32. The van der Waals surface area contributed by atoms with E-state index in [0.29, 0.717) is 18.4 Å². The van der Waals surface area contributed by atoms with E-state index in [1.54, 1.807) is 12.4 Å². The minimum atomic E-state index is -0.0529. The van der Waals surface area contributed by atoms with Crippen molar-refractivity contribution in [2.75, 3.05) is 38.1 Å². The number of carbonyl (C=O) groups is 1. The third-order valence-electron chi connectivity index (χ3n) is 7.18. The number of hydrogen-bond donors (Lipinski definition) is 0. The van der Waals surface area contributed by atoms with Crippen molar-refractivity contribution in [1.82, 2.24) is 19.6 Å². The van der Waals surface area contributed by atoms with Crippen LogP contribution in [0.5, 0.6) is 5.75 Å². The van der Waals surface area contributed by atoms with Gasteiger partial charge >= 0.3 is 6.03 Å². The molecule has 1 aromatic heterocycles. The largest absolute Gasteiger partial charge is 0.489 e. The Kier molecular flexibility index (Phi) is 7.03. The molecule has 0 saturated carbocycles. The Morgan fingerprint density at radius 2 is 1.83 bits per heavy atom. The lowest BCUT2D eigenvalue weighted by molar-refractivity contribution is 0.197.